The molecule has 1 fully saturated rings. The van der Waals surface area contributed by atoms with E-state index in [0.717, 1.165) is 35.7 Å². The summed E-state index contributed by atoms with van der Waals surface area (Å²) in [5, 5.41) is 3.34. The van der Waals surface area contributed by atoms with Crippen LogP contribution in [0.2, 0.25) is 0 Å². The van der Waals surface area contributed by atoms with Gasteiger partial charge in [-0.15, -0.1) is 0 Å². The summed E-state index contributed by atoms with van der Waals surface area (Å²) in [5.41, 5.74) is 2.58. The smallest absolute Gasteiger partial charge is 0.146 e. The molecular weight excluding hydrogens is 335 g/mol. The van der Waals surface area contributed by atoms with Gasteiger partial charge in [-0.1, -0.05) is 12.1 Å². The Bertz CT molecular complexity index is 733. The Kier molecular flexibility index (Phi) is 6.30. The predicted octanol–water partition coefficient (Wildman–Crippen LogP) is 2.97. The number of ether oxygens (including phenoxy) is 3. The van der Waals surface area contributed by atoms with Crippen LogP contribution in [0.4, 0.5) is 10.1 Å². The molecule has 0 aliphatic carbocycles. The molecule has 0 atom stereocenters. The molecule has 6 heteroatoms. The normalized spacial score (nSPS) is 14.3. The van der Waals surface area contributed by atoms with Crippen LogP contribution in [0.1, 0.15) is 11.1 Å². The van der Waals surface area contributed by atoms with Gasteiger partial charge in [-0.05, 0) is 23.8 Å². The SMILES string of the molecule is COc1ccc(CNCc2ccc(N3CCOCC3)c(F)c2)c(OC)c1. The molecule has 3 rings (SSSR count). The number of hydrogen-bond donors (Lipinski definition) is 1. The number of halogens is 1. The van der Waals surface area contributed by atoms with Crippen LogP contribution in [0.3, 0.4) is 0 Å². The van der Waals surface area contributed by atoms with Crippen LogP contribution in [-0.2, 0) is 17.8 Å². The number of morpholine rings is 1. The molecule has 26 heavy (non-hydrogen) atoms. The fraction of sp³-hybridized carbons (Fsp3) is 0.400. The van der Waals surface area contributed by atoms with Gasteiger partial charge in [0, 0.05) is 37.8 Å². The Labute approximate surface area is 153 Å². The molecule has 0 bridgehead atoms. The molecule has 0 aromatic heterocycles. The van der Waals surface area contributed by atoms with Crippen molar-refractivity contribution in [2.75, 3.05) is 45.4 Å². The molecule has 140 valence electrons. The van der Waals surface area contributed by atoms with Crippen molar-refractivity contribution < 1.29 is 18.6 Å². The Hall–Kier alpha value is -2.31. The van der Waals surface area contributed by atoms with E-state index in [1.165, 1.54) is 0 Å². The predicted molar refractivity (Wildman–Crippen MR) is 99.5 cm³/mol. The van der Waals surface area contributed by atoms with Gasteiger partial charge in [0.25, 0.3) is 0 Å². The first-order valence-electron chi connectivity index (χ1n) is 8.74. The molecule has 0 saturated carbocycles. The zero-order chi connectivity index (χ0) is 18.4. The van der Waals surface area contributed by atoms with Crippen molar-refractivity contribution in [1.29, 1.82) is 0 Å². The van der Waals surface area contributed by atoms with Gasteiger partial charge in [-0.2, -0.15) is 0 Å². The third-order valence-corrected chi connectivity index (χ3v) is 4.50. The number of nitrogens with zero attached hydrogens (tertiary/aromatic N) is 1. The minimum absolute atomic E-state index is 0.187. The molecule has 1 aliphatic heterocycles. The monoisotopic (exact) mass is 360 g/mol. The van der Waals surface area contributed by atoms with Crippen LogP contribution in [0, 0.1) is 5.82 Å². The summed E-state index contributed by atoms with van der Waals surface area (Å²) in [6.07, 6.45) is 0. The summed E-state index contributed by atoms with van der Waals surface area (Å²) in [6, 6.07) is 11.1. The summed E-state index contributed by atoms with van der Waals surface area (Å²) < 4.78 is 30.4. The molecule has 1 N–H and O–H groups in total. The van der Waals surface area contributed by atoms with Gasteiger partial charge in [-0.3, -0.25) is 0 Å². The molecule has 5 nitrogen and oxygen atoms in total. The first-order valence-corrected chi connectivity index (χ1v) is 8.74. The Balaban J connectivity index is 1.59. The summed E-state index contributed by atoms with van der Waals surface area (Å²) in [4.78, 5) is 2.03. The number of methoxy groups -OCH3 is 2. The van der Waals surface area contributed by atoms with Gasteiger partial charge in [0.15, 0.2) is 0 Å². The van der Waals surface area contributed by atoms with Gasteiger partial charge in [0.1, 0.15) is 17.3 Å². The van der Waals surface area contributed by atoms with Crippen molar-refractivity contribution in [1.82, 2.24) is 5.32 Å². The van der Waals surface area contributed by atoms with Gasteiger partial charge in [0.05, 0.1) is 33.1 Å². The van der Waals surface area contributed by atoms with E-state index in [0.29, 0.717) is 32.0 Å². The maximum atomic E-state index is 14.4. The van der Waals surface area contributed by atoms with Crippen molar-refractivity contribution in [3.8, 4) is 11.5 Å². The molecule has 1 heterocycles. The van der Waals surface area contributed by atoms with E-state index >= 15 is 0 Å². The molecular formula is C20H25FN2O3. The van der Waals surface area contributed by atoms with Crippen LogP contribution in [0.5, 0.6) is 11.5 Å². The molecule has 0 spiro atoms. The fourth-order valence-electron chi connectivity index (χ4n) is 3.06. The lowest BCUT2D eigenvalue weighted by atomic mass is 10.1. The summed E-state index contributed by atoms with van der Waals surface area (Å²) >= 11 is 0. The Morgan fingerprint density at radius 1 is 1.04 bits per heavy atom. The van der Waals surface area contributed by atoms with Crippen LogP contribution < -0.4 is 19.7 Å². The van der Waals surface area contributed by atoms with E-state index in [1.807, 2.05) is 35.2 Å². The van der Waals surface area contributed by atoms with E-state index in [9.17, 15) is 4.39 Å². The van der Waals surface area contributed by atoms with E-state index in [1.54, 1.807) is 20.3 Å². The van der Waals surface area contributed by atoms with Crippen molar-refractivity contribution in [3.63, 3.8) is 0 Å². The number of nitrogens with one attached hydrogen (secondary N) is 1. The molecule has 1 saturated heterocycles. The van der Waals surface area contributed by atoms with Crippen LogP contribution in [-0.4, -0.2) is 40.5 Å². The van der Waals surface area contributed by atoms with Crippen molar-refractivity contribution >= 4 is 5.69 Å². The lowest BCUT2D eigenvalue weighted by molar-refractivity contribution is 0.122. The first-order chi connectivity index (χ1) is 12.7. The lowest BCUT2D eigenvalue weighted by Crippen LogP contribution is -2.36. The van der Waals surface area contributed by atoms with Crippen LogP contribution >= 0.6 is 0 Å². The molecule has 2 aromatic rings. The first kappa shape index (κ1) is 18.5. The molecule has 0 unspecified atom stereocenters. The third kappa shape index (κ3) is 4.45. The van der Waals surface area contributed by atoms with Gasteiger partial charge < -0.3 is 24.4 Å². The maximum absolute atomic E-state index is 14.4. The van der Waals surface area contributed by atoms with Gasteiger partial charge >= 0.3 is 0 Å². The van der Waals surface area contributed by atoms with Gasteiger partial charge in [-0.25, -0.2) is 4.39 Å². The highest BCUT2D eigenvalue weighted by atomic mass is 19.1. The second-order valence-electron chi connectivity index (χ2n) is 6.17. The number of hydrogen-bond acceptors (Lipinski definition) is 5. The largest absolute Gasteiger partial charge is 0.497 e. The van der Waals surface area contributed by atoms with Crippen LogP contribution in [0.25, 0.3) is 0 Å². The lowest BCUT2D eigenvalue weighted by Gasteiger charge is -2.29. The number of anilines is 1. The zero-order valence-corrected chi connectivity index (χ0v) is 15.3. The summed E-state index contributed by atoms with van der Waals surface area (Å²) in [6.45, 7) is 3.95. The Morgan fingerprint density at radius 2 is 1.85 bits per heavy atom. The van der Waals surface area contributed by atoms with Gasteiger partial charge in [0.2, 0.25) is 0 Å². The molecule has 0 radical (unpaired) electrons. The maximum Gasteiger partial charge on any atom is 0.146 e. The quantitative estimate of drug-likeness (QED) is 0.822. The topological polar surface area (TPSA) is 43.0 Å². The van der Waals surface area contributed by atoms with Crippen molar-refractivity contribution in [2.45, 2.75) is 13.1 Å². The van der Waals surface area contributed by atoms with Crippen LogP contribution in [0.15, 0.2) is 36.4 Å². The average Bonchev–Trinajstić information content (AvgIpc) is 2.69. The van der Waals surface area contributed by atoms with Crippen molar-refractivity contribution in [2.24, 2.45) is 0 Å². The Morgan fingerprint density at radius 3 is 2.54 bits per heavy atom. The van der Waals surface area contributed by atoms with E-state index < -0.39 is 0 Å². The standard InChI is InChI=1S/C20H25FN2O3/c1-24-17-5-4-16(20(12-17)25-2)14-22-13-15-3-6-19(18(21)11-15)23-7-9-26-10-8-23/h3-6,11-12,22H,7-10,13-14H2,1-2H3. The summed E-state index contributed by atoms with van der Waals surface area (Å²) in [7, 11) is 3.26. The van der Waals surface area contributed by atoms with E-state index in [-0.39, 0.29) is 5.82 Å². The fourth-order valence-corrected chi connectivity index (χ4v) is 3.06. The molecule has 1 aliphatic rings. The van der Waals surface area contributed by atoms with E-state index in [4.69, 9.17) is 14.2 Å². The second kappa shape index (κ2) is 8.87. The number of benzene rings is 2. The minimum atomic E-state index is -0.187. The highest BCUT2D eigenvalue weighted by Crippen LogP contribution is 2.25. The zero-order valence-electron chi connectivity index (χ0n) is 15.3. The second-order valence-corrected chi connectivity index (χ2v) is 6.17. The van der Waals surface area contributed by atoms with Crippen molar-refractivity contribution in [3.05, 3.63) is 53.3 Å². The third-order valence-electron chi connectivity index (χ3n) is 4.50. The molecule has 2 aromatic carbocycles. The molecule has 0 amide bonds. The summed E-state index contributed by atoms with van der Waals surface area (Å²) in [5.74, 6) is 1.34. The number of rotatable bonds is 7. The highest BCUT2D eigenvalue weighted by Gasteiger charge is 2.15. The minimum Gasteiger partial charge on any atom is -0.497 e. The van der Waals surface area contributed by atoms with E-state index in [2.05, 4.69) is 5.32 Å². The average molecular weight is 360 g/mol. The highest BCUT2D eigenvalue weighted by molar-refractivity contribution is 5.49.